The Morgan fingerprint density at radius 2 is 2.62 bits per heavy atom. The summed E-state index contributed by atoms with van der Waals surface area (Å²) in [5, 5.41) is 17.3. The predicted molar refractivity (Wildman–Crippen MR) is 47.0 cm³/mol. The Balaban J connectivity index is 2.58. The van der Waals surface area contributed by atoms with E-state index in [-0.39, 0.29) is 30.1 Å². The molecule has 1 atom stereocenters. The molecule has 0 aliphatic rings. The highest BCUT2D eigenvalue weighted by atomic mass is 16.3. The van der Waals surface area contributed by atoms with Crippen LogP contribution < -0.4 is 11.1 Å². The SMILES string of the molecule is C[C@@H](CO)NC(=O)c1cc(N)n[nH]1. The van der Waals surface area contributed by atoms with E-state index in [1.807, 2.05) is 0 Å². The maximum Gasteiger partial charge on any atom is 0.269 e. The van der Waals surface area contributed by atoms with Gasteiger partial charge in [0.05, 0.1) is 6.61 Å². The van der Waals surface area contributed by atoms with E-state index in [9.17, 15) is 4.79 Å². The standard InChI is InChI=1S/C7H12N4O2/c1-4(3-12)9-7(13)5-2-6(8)11-10-5/h2,4,12H,3H2,1H3,(H,9,13)(H3,8,10,11)/t4-/m0/s1. The van der Waals surface area contributed by atoms with E-state index in [1.165, 1.54) is 6.07 Å². The summed E-state index contributed by atoms with van der Waals surface area (Å²) in [6.07, 6.45) is 0. The number of aliphatic hydroxyl groups excluding tert-OH is 1. The van der Waals surface area contributed by atoms with Crippen molar-refractivity contribution in [1.82, 2.24) is 15.5 Å². The number of hydrogen-bond acceptors (Lipinski definition) is 4. The Kier molecular flexibility index (Phi) is 2.86. The van der Waals surface area contributed by atoms with Crippen LogP contribution in [0.1, 0.15) is 17.4 Å². The van der Waals surface area contributed by atoms with Crippen molar-refractivity contribution in [3.05, 3.63) is 11.8 Å². The van der Waals surface area contributed by atoms with Crippen molar-refractivity contribution in [1.29, 1.82) is 0 Å². The number of anilines is 1. The maximum atomic E-state index is 11.3. The molecule has 1 heterocycles. The molecule has 13 heavy (non-hydrogen) atoms. The van der Waals surface area contributed by atoms with E-state index in [0.717, 1.165) is 0 Å². The molecule has 0 saturated carbocycles. The number of H-pyrrole nitrogens is 1. The Labute approximate surface area is 75.1 Å². The van der Waals surface area contributed by atoms with Crippen molar-refractivity contribution in [2.45, 2.75) is 13.0 Å². The lowest BCUT2D eigenvalue weighted by Crippen LogP contribution is -2.35. The highest BCUT2D eigenvalue weighted by molar-refractivity contribution is 5.93. The molecular weight excluding hydrogens is 172 g/mol. The van der Waals surface area contributed by atoms with Crippen LogP contribution in [0.25, 0.3) is 0 Å². The number of amides is 1. The van der Waals surface area contributed by atoms with Crippen LogP contribution in [0.15, 0.2) is 6.07 Å². The highest BCUT2D eigenvalue weighted by Crippen LogP contribution is 1.99. The average Bonchev–Trinajstić information content (AvgIpc) is 2.51. The second-order valence-electron chi connectivity index (χ2n) is 2.76. The van der Waals surface area contributed by atoms with Crippen LogP contribution in [0.4, 0.5) is 5.82 Å². The number of hydrogen-bond donors (Lipinski definition) is 4. The van der Waals surface area contributed by atoms with E-state index >= 15 is 0 Å². The zero-order chi connectivity index (χ0) is 9.84. The first kappa shape index (κ1) is 9.53. The number of aliphatic hydroxyl groups is 1. The lowest BCUT2D eigenvalue weighted by Gasteiger charge is -2.08. The molecular formula is C7H12N4O2. The normalized spacial score (nSPS) is 12.5. The Morgan fingerprint density at radius 3 is 3.08 bits per heavy atom. The number of nitrogens with zero attached hydrogens (tertiary/aromatic N) is 1. The number of carbonyl (C=O) groups is 1. The predicted octanol–water partition coefficient (Wildman–Crippen LogP) is -0.897. The fourth-order valence-corrected chi connectivity index (χ4v) is 0.801. The van der Waals surface area contributed by atoms with E-state index in [4.69, 9.17) is 10.8 Å². The molecule has 1 rings (SSSR count). The molecule has 6 nitrogen and oxygen atoms in total. The van der Waals surface area contributed by atoms with Gasteiger partial charge in [0.1, 0.15) is 11.5 Å². The fraction of sp³-hybridized carbons (Fsp3) is 0.429. The smallest absolute Gasteiger partial charge is 0.269 e. The molecule has 0 bridgehead atoms. The second kappa shape index (κ2) is 3.90. The lowest BCUT2D eigenvalue weighted by molar-refractivity contribution is 0.0917. The van der Waals surface area contributed by atoms with E-state index in [0.29, 0.717) is 0 Å². The minimum absolute atomic E-state index is 0.102. The van der Waals surface area contributed by atoms with Crippen molar-refractivity contribution >= 4 is 11.7 Å². The first-order chi connectivity index (χ1) is 6.13. The Morgan fingerprint density at radius 1 is 1.92 bits per heavy atom. The molecule has 0 spiro atoms. The fourth-order valence-electron chi connectivity index (χ4n) is 0.801. The molecule has 0 unspecified atom stereocenters. The molecule has 72 valence electrons. The number of rotatable bonds is 3. The lowest BCUT2D eigenvalue weighted by atomic mass is 10.3. The molecule has 0 radical (unpaired) electrons. The third-order valence-corrected chi connectivity index (χ3v) is 1.49. The summed E-state index contributed by atoms with van der Waals surface area (Å²) >= 11 is 0. The van der Waals surface area contributed by atoms with Gasteiger partial charge in [-0.05, 0) is 6.92 Å². The first-order valence-electron chi connectivity index (χ1n) is 3.86. The number of nitrogens with two attached hydrogens (primary N) is 1. The van der Waals surface area contributed by atoms with Crippen molar-refractivity contribution < 1.29 is 9.90 Å². The summed E-state index contributed by atoms with van der Waals surface area (Å²) in [5.41, 5.74) is 5.60. The van der Waals surface area contributed by atoms with Crippen molar-refractivity contribution in [2.24, 2.45) is 0 Å². The van der Waals surface area contributed by atoms with E-state index in [1.54, 1.807) is 6.92 Å². The van der Waals surface area contributed by atoms with Gasteiger partial charge in [0.2, 0.25) is 0 Å². The van der Waals surface area contributed by atoms with Crippen LogP contribution in [0.2, 0.25) is 0 Å². The zero-order valence-corrected chi connectivity index (χ0v) is 7.24. The summed E-state index contributed by atoms with van der Waals surface area (Å²) in [6.45, 7) is 1.59. The minimum atomic E-state index is -0.328. The molecule has 1 aromatic rings. The molecule has 1 amide bonds. The third kappa shape index (κ3) is 2.45. The Hall–Kier alpha value is -1.56. The monoisotopic (exact) mass is 184 g/mol. The Bertz CT molecular complexity index is 296. The van der Waals surface area contributed by atoms with Gasteiger partial charge in [0, 0.05) is 12.1 Å². The van der Waals surface area contributed by atoms with Gasteiger partial charge < -0.3 is 16.2 Å². The minimum Gasteiger partial charge on any atom is -0.394 e. The summed E-state index contributed by atoms with van der Waals surface area (Å²) < 4.78 is 0. The van der Waals surface area contributed by atoms with Crippen LogP contribution in [0, 0.1) is 0 Å². The van der Waals surface area contributed by atoms with Gasteiger partial charge >= 0.3 is 0 Å². The van der Waals surface area contributed by atoms with Crippen molar-refractivity contribution in [2.75, 3.05) is 12.3 Å². The molecule has 0 aliphatic carbocycles. The van der Waals surface area contributed by atoms with E-state index in [2.05, 4.69) is 15.5 Å². The van der Waals surface area contributed by atoms with E-state index < -0.39 is 0 Å². The van der Waals surface area contributed by atoms with Gasteiger partial charge in [0.15, 0.2) is 0 Å². The molecule has 0 fully saturated rings. The van der Waals surface area contributed by atoms with Gasteiger partial charge in [-0.25, -0.2) is 0 Å². The van der Waals surface area contributed by atoms with Gasteiger partial charge in [-0.3, -0.25) is 9.89 Å². The average molecular weight is 184 g/mol. The molecule has 6 heteroatoms. The molecule has 0 saturated heterocycles. The number of nitrogens with one attached hydrogen (secondary N) is 2. The number of nitrogen functional groups attached to an aromatic ring is 1. The van der Waals surface area contributed by atoms with Crippen molar-refractivity contribution in [3.8, 4) is 0 Å². The van der Waals surface area contributed by atoms with Gasteiger partial charge in [-0.15, -0.1) is 0 Å². The molecule has 0 aromatic carbocycles. The zero-order valence-electron chi connectivity index (χ0n) is 7.24. The number of aromatic nitrogens is 2. The summed E-state index contributed by atoms with van der Waals surface area (Å²) in [6, 6.07) is 1.15. The van der Waals surface area contributed by atoms with Crippen LogP contribution >= 0.6 is 0 Å². The maximum absolute atomic E-state index is 11.3. The van der Waals surface area contributed by atoms with Gasteiger partial charge in [0.25, 0.3) is 5.91 Å². The van der Waals surface area contributed by atoms with Crippen LogP contribution in [-0.4, -0.2) is 33.9 Å². The summed E-state index contributed by atoms with van der Waals surface area (Å²) in [4.78, 5) is 11.3. The van der Waals surface area contributed by atoms with Gasteiger partial charge in [-0.2, -0.15) is 5.10 Å². The molecule has 5 N–H and O–H groups in total. The molecule has 1 aromatic heterocycles. The molecule has 0 aliphatic heterocycles. The van der Waals surface area contributed by atoms with Crippen molar-refractivity contribution in [3.63, 3.8) is 0 Å². The van der Waals surface area contributed by atoms with Gasteiger partial charge in [-0.1, -0.05) is 0 Å². The first-order valence-corrected chi connectivity index (χ1v) is 3.86. The van der Waals surface area contributed by atoms with Crippen LogP contribution in [-0.2, 0) is 0 Å². The van der Waals surface area contributed by atoms with Crippen LogP contribution in [0.5, 0.6) is 0 Å². The largest absolute Gasteiger partial charge is 0.394 e. The second-order valence-corrected chi connectivity index (χ2v) is 2.76. The summed E-state index contributed by atoms with van der Waals surface area (Å²) in [7, 11) is 0. The quantitative estimate of drug-likeness (QED) is 0.488. The topological polar surface area (TPSA) is 104 Å². The number of aromatic amines is 1. The summed E-state index contributed by atoms with van der Waals surface area (Å²) in [5.74, 6) is -0.0625. The highest BCUT2D eigenvalue weighted by Gasteiger charge is 2.10. The number of carbonyl (C=O) groups excluding carboxylic acids is 1. The van der Waals surface area contributed by atoms with Crippen LogP contribution in [0.3, 0.4) is 0 Å². The third-order valence-electron chi connectivity index (χ3n) is 1.49.